The molecule has 1 unspecified atom stereocenters. The zero-order valence-corrected chi connectivity index (χ0v) is 15.3. The Morgan fingerprint density at radius 2 is 2.07 bits per heavy atom. The third kappa shape index (κ3) is 3.28. The molecule has 1 N–H and O–H groups in total. The van der Waals surface area contributed by atoms with Crippen LogP contribution < -0.4 is 0 Å². The van der Waals surface area contributed by atoms with E-state index in [0.717, 1.165) is 49.0 Å². The second-order valence-electron chi connectivity index (χ2n) is 7.30. The van der Waals surface area contributed by atoms with Gasteiger partial charge in [0.25, 0.3) is 0 Å². The molecule has 27 heavy (non-hydrogen) atoms. The van der Waals surface area contributed by atoms with Crippen LogP contribution in [0.3, 0.4) is 0 Å². The molecule has 3 aromatic heterocycles. The summed E-state index contributed by atoms with van der Waals surface area (Å²) in [5.74, 6) is 3.70. The fraction of sp³-hybridized carbons (Fsp3) is 0.333. The first-order chi connectivity index (χ1) is 13.2. The van der Waals surface area contributed by atoms with Crippen LogP contribution >= 0.6 is 0 Å². The Balaban J connectivity index is 1.25. The molecule has 0 saturated carbocycles. The Hall–Kier alpha value is -2.86. The Kier molecular flexibility index (Phi) is 4.05. The van der Waals surface area contributed by atoms with Gasteiger partial charge in [0.15, 0.2) is 0 Å². The standard InChI is InChI=1S/C21H22N4O2/c1-14-6-7-17(26-14)13-25-9-8-15(12-25)21-24-23-20(27-21)10-16-11-22-19-5-3-2-4-18(16)19/h2-7,11,15,22H,8-10,12-13H2,1H3. The van der Waals surface area contributed by atoms with Crippen molar-refractivity contribution < 1.29 is 8.83 Å². The number of aromatic amines is 1. The van der Waals surface area contributed by atoms with Crippen molar-refractivity contribution in [2.45, 2.75) is 32.2 Å². The van der Waals surface area contributed by atoms with Gasteiger partial charge in [-0.1, -0.05) is 18.2 Å². The minimum absolute atomic E-state index is 0.297. The van der Waals surface area contributed by atoms with E-state index in [-0.39, 0.29) is 0 Å². The van der Waals surface area contributed by atoms with Crippen LogP contribution in [0.15, 0.2) is 51.4 Å². The third-order valence-corrected chi connectivity index (χ3v) is 5.30. The highest BCUT2D eigenvalue weighted by atomic mass is 16.4. The summed E-state index contributed by atoms with van der Waals surface area (Å²) >= 11 is 0. The number of rotatable bonds is 5. The molecule has 1 atom stereocenters. The molecule has 5 rings (SSSR count). The van der Waals surface area contributed by atoms with Crippen LogP contribution in [0.5, 0.6) is 0 Å². The quantitative estimate of drug-likeness (QED) is 0.580. The van der Waals surface area contributed by atoms with Gasteiger partial charge in [-0.05, 0) is 43.7 Å². The van der Waals surface area contributed by atoms with E-state index in [2.05, 4.69) is 38.3 Å². The molecule has 4 heterocycles. The lowest BCUT2D eigenvalue weighted by molar-refractivity contribution is 0.286. The van der Waals surface area contributed by atoms with Crippen molar-refractivity contribution >= 4 is 10.9 Å². The molecule has 1 aliphatic rings. The summed E-state index contributed by atoms with van der Waals surface area (Å²) in [4.78, 5) is 5.68. The molecule has 1 fully saturated rings. The number of nitrogens with one attached hydrogen (secondary N) is 1. The monoisotopic (exact) mass is 362 g/mol. The van der Waals surface area contributed by atoms with E-state index in [1.54, 1.807) is 0 Å². The second-order valence-corrected chi connectivity index (χ2v) is 7.30. The van der Waals surface area contributed by atoms with Crippen molar-refractivity contribution in [3.63, 3.8) is 0 Å². The van der Waals surface area contributed by atoms with E-state index < -0.39 is 0 Å². The predicted octanol–water partition coefficient (Wildman–Crippen LogP) is 4.03. The van der Waals surface area contributed by atoms with Crippen molar-refractivity contribution in [2.24, 2.45) is 0 Å². The van der Waals surface area contributed by atoms with Crippen LogP contribution in [0.4, 0.5) is 0 Å². The van der Waals surface area contributed by atoms with Crippen molar-refractivity contribution in [2.75, 3.05) is 13.1 Å². The van der Waals surface area contributed by atoms with Gasteiger partial charge in [-0.15, -0.1) is 10.2 Å². The number of aryl methyl sites for hydroxylation is 1. The summed E-state index contributed by atoms with van der Waals surface area (Å²) in [5.41, 5.74) is 2.31. The maximum absolute atomic E-state index is 6.01. The summed E-state index contributed by atoms with van der Waals surface area (Å²) in [6.07, 6.45) is 3.71. The number of hydrogen-bond acceptors (Lipinski definition) is 5. The molecule has 0 spiro atoms. The fourth-order valence-electron chi connectivity index (χ4n) is 3.91. The largest absolute Gasteiger partial charge is 0.465 e. The fourth-order valence-corrected chi connectivity index (χ4v) is 3.91. The first kappa shape index (κ1) is 16.3. The number of fused-ring (bicyclic) bond motifs is 1. The molecular weight excluding hydrogens is 340 g/mol. The summed E-state index contributed by atoms with van der Waals surface area (Å²) in [7, 11) is 0. The number of nitrogens with zero attached hydrogens (tertiary/aromatic N) is 3. The van der Waals surface area contributed by atoms with E-state index in [1.807, 2.05) is 31.3 Å². The lowest BCUT2D eigenvalue weighted by Gasteiger charge is -2.12. The summed E-state index contributed by atoms with van der Waals surface area (Å²) in [6.45, 7) is 4.75. The Morgan fingerprint density at radius 3 is 2.96 bits per heavy atom. The SMILES string of the molecule is Cc1ccc(CN2CCC(c3nnc(Cc4c[nH]c5ccccc45)o3)C2)o1. The van der Waals surface area contributed by atoms with Crippen molar-refractivity contribution in [1.29, 1.82) is 0 Å². The lowest BCUT2D eigenvalue weighted by atomic mass is 10.1. The van der Waals surface area contributed by atoms with Crippen molar-refractivity contribution in [3.05, 3.63) is 71.5 Å². The lowest BCUT2D eigenvalue weighted by Crippen LogP contribution is -2.19. The highest BCUT2D eigenvalue weighted by Gasteiger charge is 2.28. The van der Waals surface area contributed by atoms with Crippen LogP contribution in [0.1, 0.15) is 41.2 Å². The summed E-state index contributed by atoms with van der Waals surface area (Å²) in [5, 5.41) is 9.82. The Morgan fingerprint density at radius 1 is 1.15 bits per heavy atom. The Labute approximate surface area is 157 Å². The van der Waals surface area contributed by atoms with Gasteiger partial charge in [0.05, 0.1) is 18.9 Å². The van der Waals surface area contributed by atoms with Crippen LogP contribution in [-0.2, 0) is 13.0 Å². The molecule has 4 aromatic rings. The smallest absolute Gasteiger partial charge is 0.221 e. The molecule has 0 amide bonds. The van der Waals surface area contributed by atoms with E-state index in [0.29, 0.717) is 18.2 Å². The maximum Gasteiger partial charge on any atom is 0.221 e. The van der Waals surface area contributed by atoms with E-state index in [4.69, 9.17) is 8.83 Å². The highest BCUT2D eigenvalue weighted by Crippen LogP contribution is 2.28. The minimum atomic E-state index is 0.297. The molecule has 1 saturated heterocycles. The van der Waals surface area contributed by atoms with Crippen LogP contribution in [0.2, 0.25) is 0 Å². The number of hydrogen-bond donors (Lipinski definition) is 1. The van der Waals surface area contributed by atoms with Crippen LogP contribution in [-0.4, -0.2) is 33.2 Å². The molecule has 0 aliphatic carbocycles. The van der Waals surface area contributed by atoms with E-state index >= 15 is 0 Å². The molecule has 0 bridgehead atoms. The zero-order chi connectivity index (χ0) is 18.2. The van der Waals surface area contributed by atoms with Gasteiger partial charge in [-0.2, -0.15) is 0 Å². The predicted molar refractivity (Wildman–Crippen MR) is 101 cm³/mol. The average molecular weight is 362 g/mol. The van der Waals surface area contributed by atoms with E-state index in [1.165, 1.54) is 10.9 Å². The highest BCUT2D eigenvalue weighted by molar-refractivity contribution is 5.83. The number of furan rings is 1. The number of likely N-dealkylation sites (tertiary alicyclic amines) is 1. The van der Waals surface area contributed by atoms with Crippen LogP contribution in [0.25, 0.3) is 10.9 Å². The first-order valence-corrected chi connectivity index (χ1v) is 9.39. The molecule has 6 nitrogen and oxygen atoms in total. The van der Waals surface area contributed by atoms with Gasteiger partial charge in [0, 0.05) is 23.6 Å². The number of para-hydroxylation sites is 1. The number of aromatic nitrogens is 3. The summed E-state index contributed by atoms with van der Waals surface area (Å²) in [6, 6.07) is 12.3. The average Bonchev–Trinajstić information content (AvgIpc) is 3.44. The molecular formula is C21H22N4O2. The molecule has 138 valence electrons. The first-order valence-electron chi connectivity index (χ1n) is 9.39. The minimum Gasteiger partial charge on any atom is -0.465 e. The number of H-pyrrole nitrogens is 1. The molecule has 0 radical (unpaired) electrons. The van der Waals surface area contributed by atoms with Crippen molar-refractivity contribution in [1.82, 2.24) is 20.1 Å². The van der Waals surface area contributed by atoms with Gasteiger partial charge in [0.1, 0.15) is 11.5 Å². The van der Waals surface area contributed by atoms with E-state index in [9.17, 15) is 0 Å². The normalized spacial score (nSPS) is 17.9. The van der Waals surface area contributed by atoms with Gasteiger partial charge in [0.2, 0.25) is 11.8 Å². The third-order valence-electron chi connectivity index (χ3n) is 5.30. The van der Waals surface area contributed by atoms with Gasteiger partial charge in [-0.3, -0.25) is 4.90 Å². The second kappa shape index (κ2) is 6.70. The summed E-state index contributed by atoms with van der Waals surface area (Å²) < 4.78 is 11.7. The van der Waals surface area contributed by atoms with Crippen LogP contribution in [0, 0.1) is 6.92 Å². The molecule has 6 heteroatoms. The zero-order valence-electron chi connectivity index (χ0n) is 15.3. The van der Waals surface area contributed by atoms with Gasteiger partial charge >= 0.3 is 0 Å². The number of benzene rings is 1. The molecule has 1 aliphatic heterocycles. The van der Waals surface area contributed by atoms with Crippen molar-refractivity contribution in [3.8, 4) is 0 Å². The molecule has 1 aromatic carbocycles. The Bertz CT molecular complexity index is 1060. The van der Waals surface area contributed by atoms with Gasteiger partial charge in [-0.25, -0.2) is 0 Å². The topological polar surface area (TPSA) is 71.1 Å². The van der Waals surface area contributed by atoms with Gasteiger partial charge < -0.3 is 13.8 Å². The maximum atomic E-state index is 6.01.